The third-order valence-corrected chi connectivity index (χ3v) is 3.15. The topological polar surface area (TPSA) is 48.1 Å². The van der Waals surface area contributed by atoms with Crippen molar-refractivity contribution in [3.8, 4) is 5.75 Å². The third kappa shape index (κ3) is 3.78. The second-order valence-electron chi connectivity index (χ2n) is 4.61. The Hall–Kier alpha value is -1.39. The number of nitrogens with two attached hydrogens (primary N) is 1. The molecule has 0 saturated carbocycles. The van der Waals surface area contributed by atoms with Crippen molar-refractivity contribution in [1.29, 1.82) is 0 Å². The minimum Gasteiger partial charge on any atom is -0.491 e. The highest BCUT2D eigenvalue weighted by Crippen LogP contribution is 2.22. The van der Waals surface area contributed by atoms with Crippen LogP contribution >= 0.6 is 15.9 Å². The quantitative estimate of drug-likeness (QED) is 0.934. The molecule has 1 atom stereocenters. The van der Waals surface area contributed by atoms with Gasteiger partial charge in [-0.15, -0.1) is 0 Å². The summed E-state index contributed by atoms with van der Waals surface area (Å²) >= 11 is 3.36. The van der Waals surface area contributed by atoms with Crippen LogP contribution in [0.15, 0.2) is 47.1 Å². The Morgan fingerprint density at radius 2 is 1.79 bits per heavy atom. The summed E-state index contributed by atoms with van der Waals surface area (Å²) in [4.78, 5) is 4.32. The molecule has 0 aliphatic carbocycles. The number of hydrogen-bond donors (Lipinski definition) is 1. The fraction of sp³-hybridized carbons (Fsp3) is 0.267. The van der Waals surface area contributed by atoms with Gasteiger partial charge in [0.05, 0.1) is 17.8 Å². The molecular formula is C15H17BrN2O. The lowest BCUT2D eigenvalue weighted by Gasteiger charge is -2.14. The first-order valence-corrected chi connectivity index (χ1v) is 6.99. The predicted octanol–water partition coefficient (Wildman–Crippen LogP) is 3.68. The molecule has 0 aliphatic rings. The van der Waals surface area contributed by atoms with Gasteiger partial charge in [-0.3, -0.25) is 4.98 Å². The molecule has 2 N–H and O–H groups in total. The monoisotopic (exact) mass is 320 g/mol. The molecule has 4 heteroatoms. The van der Waals surface area contributed by atoms with Crippen molar-refractivity contribution in [3.63, 3.8) is 0 Å². The van der Waals surface area contributed by atoms with Gasteiger partial charge in [0.15, 0.2) is 0 Å². The maximum atomic E-state index is 6.20. The highest BCUT2D eigenvalue weighted by molar-refractivity contribution is 9.10. The van der Waals surface area contributed by atoms with E-state index in [1.165, 1.54) is 0 Å². The molecule has 0 saturated heterocycles. The summed E-state index contributed by atoms with van der Waals surface area (Å²) in [7, 11) is 0. The van der Waals surface area contributed by atoms with E-state index < -0.39 is 0 Å². The SMILES string of the molecule is CC(C)Oc1ccc(C(N)c2ccc(Br)cn2)cc1. The molecule has 1 unspecified atom stereocenters. The van der Waals surface area contributed by atoms with E-state index in [1.807, 2.05) is 50.2 Å². The van der Waals surface area contributed by atoms with Crippen LogP contribution in [0.2, 0.25) is 0 Å². The van der Waals surface area contributed by atoms with Gasteiger partial charge in [0.1, 0.15) is 5.75 Å². The van der Waals surface area contributed by atoms with Crippen molar-refractivity contribution in [3.05, 3.63) is 58.3 Å². The number of aromatic nitrogens is 1. The van der Waals surface area contributed by atoms with E-state index in [0.29, 0.717) is 0 Å². The third-order valence-electron chi connectivity index (χ3n) is 2.68. The van der Waals surface area contributed by atoms with Crippen LogP contribution < -0.4 is 10.5 Å². The Bertz CT molecular complexity index is 523. The highest BCUT2D eigenvalue weighted by Gasteiger charge is 2.10. The molecule has 2 aromatic rings. The van der Waals surface area contributed by atoms with Gasteiger partial charge in [0.2, 0.25) is 0 Å². The second-order valence-corrected chi connectivity index (χ2v) is 5.53. The van der Waals surface area contributed by atoms with Crippen molar-refractivity contribution in [2.45, 2.75) is 26.0 Å². The largest absolute Gasteiger partial charge is 0.491 e. The second kappa shape index (κ2) is 6.17. The molecule has 0 spiro atoms. The van der Waals surface area contributed by atoms with Gasteiger partial charge in [-0.05, 0) is 59.6 Å². The molecule has 3 nitrogen and oxygen atoms in total. The molecule has 0 amide bonds. The maximum Gasteiger partial charge on any atom is 0.119 e. The van der Waals surface area contributed by atoms with Crippen LogP contribution in [0.1, 0.15) is 31.1 Å². The van der Waals surface area contributed by atoms with E-state index in [-0.39, 0.29) is 12.1 Å². The zero-order chi connectivity index (χ0) is 13.8. The minimum atomic E-state index is -0.221. The van der Waals surface area contributed by atoms with Crippen LogP contribution in [0, 0.1) is 0 Å². The van der Waals surface area contributed by atoms with E-state index >= 15 is 0 Å². The van der Waals surface area contributed by atoms with Crippen LogP contribution in [0.5, 0.6) is 5.75 Å². The van der Waals surface area contributed by atoms with Crippen LogP contribution in [0.4, 0.5) is 0 Å². The van der Waals surface area contributed by atoms with E-state index in [0.717, 1.165) is 21.5 Å². The van der Waals surface area contributed by atoms with Gasteiger partial charge in [-0.1, -0.05) is 12.1 Å². The average molecular weight is 321 g/mol. The van der Waals surface area contributed by atoms with Crippen LogP contribution in [0.3, 0.4) is 0 Å². The number of hydrogen-bond acceptors (Lipinski definition) is 3. The number of rotatable bonds is 4. The van der Waals surface area contributed by atoms with Gasteiger partial charge in [-0.2, -0.15) is 0 Å². The number of nitrogens with zero attached hydrogens (tertiary/aromatic N) is 1. The number of pyridine rings is 1. The highest BCUT2D eigenvalue weighted by atomic mass is 79.9. The average Bonchev–Trinajstić information content (AvgIpc) is 2.39. The van der Waals surface area contributed by atoms with Crippen molar-refractivity contribution >= 4 is 15.9 Å². The molecule has 1 heterocycles. The molecule has 0 fully saturated rings. The van der Waals surface area contributed by atoms with Crippen molar-refractivity contribution in [2.24, 2.45) is 5.73 Å². The molecular weight excluding hydrogens is 304 g/mol. The molecule has 2 rings (SSSR count). The van der Waals surface area contributed by atoms with Gasteiger partial charge in [0.25, 0.3) is 0 Å². The zero-order valence-corrected chi connectivity index (χ0v) is 12.6. The Morgan fingerprint density at radius 1 is 1.11 bits per heavy atom. The van der Waals surface area contributed by atoms with E-state index in [2.05, 4.69) is 20.9 Å². The van der Waals surface area contributed by atoms with Crippen LogP contribution in [-0.2, 0) is 0 Å². The molecule has 0 aliphatic heterocycles. The Labute approximate surface area is 121 Å². The summed E-state index contributed by atoms with van der Waals surface area (Å²) in [6, 6.07) is 11.5. The normalized spacial score (nSPS) is 12.5. The van der Waals surface area contributed by atoms with Crippen LogP contribution in [0.25, 0.3) is 0 Å². The molecule has 0 radical (unpaired) electrons. The standard InChI is InChI=1S/C15H17BrN2O/c1-10(2)19-13-6-3-11(4-7-13)15(17)14-8-5-12(16)9-18-14/h3-10,15H,17H2,1-2H3. The van der Waals surface area contributed by atoms with Crippen molar-refractivity contribution in [1.82, 2.24) is 4.98 Å². The summed E-state index contributed by atoms with van der Waals surface area (Å²) < 4.78 is 6.56. The van der Waals surface area contributed by atoms with Gasteiger partial charge in [-0.25, -0.2) is 0 Å². The first kappa shape index (κ1) is 14.0. The smallest absolute Gasteiger partial charge is 0.119 e. The summed E-state index contributed by atoms with van der Waals surface area (Å²) in [5.74, 6) is 0.856. The Balaban J connectivity index is 2.15. The summed E-state index contributed by atoms with van der Waals surface area (Å²) in [6.07, 6.45) is 1.93. The first-order valence-electron chi connectivity index (χ1n) is 6.20. The first-order chi connectivity index (χ1) is 9.06. The lowest BCUT2D eigenvalue weighted by Crippen LogP contribution is -2.13. The number of ether oxygens (including phenoxy) is 1. The van der Waals surface area contributed by atoms with Gasteiger partial charge in [0, 0.05) is 10.7 Å². The van der Waals surface area contributed by atoms with Crippen molar-refractivity contribution < 1.29 is 4.74 Å². The van der Waals surface area contributed by atoms with E-state index in [4.69, 9.17) is 10.5 Å². The maximum absolute atomic E-state index is 6.20. The summed E-state index contributed by atoms with van der Waals surface area (Å²) in [5, 5.41) is 0. The fourth-order valence-electron chi connectivity index (χ4n) is 1.77. The molecule has 1 aromatic carbocycles. The van der Waals surface area contributed by atoms with Gasteiger partial charge >= 0.3 is 0 Å². The lowest BCUT2D eigenvalue weighted by atomic mass is 10.0. The Morgan fingerprint density at radius 3 is 2.32 bits per heavy atom. The Kier molecular flexibility index (Phi) is 4.56. The van der Waals surface area contributed by atoms with Gasteiger partial charge < -0.3 is 10.5 Å². The number of benzene rings is 1. The summed E-state index contributed by atoms with van der Waals surface area (Å²) in [6.45, 7) is 4.01. The zero-order valence-electron chi connectivity index (χ0n) is 11.0. The van der Waals surface area contributed by atoms with E-state index in [1.54, 1.807) is 6.20 Å². The molecule has 19 heavy (non-hydrogen) atoms. The van der Waals surface area contributed by atoms with E-state index in [9.17, 15) is 0 Å². The van der Waals surface area contributed by atoms with Crippen LogP contribution in [-0.4, -0.2) is 11.1 Å². The summed E-state index contributed by atoms with van der Waals surface area (Å²) in [5.41, 5.74) is 8.07. The molecule has 1 aromatic heterocycles. The molecule has 100 valence electrons. The van der Waals surface area contributed by atoms with Crippen molar-refractivity contribution in [2.75, 3.05) is 0 Å². The number of halogens is 1. The fourth-order valence-corrected chi connectivity index (χ4v) is 2.00. The predicted molar refractivity (Wildman–Crippen MR) is 80.2 cm³/mol. The molecule has 0 bridgehead atoms. The lowest BCUT2D eigenvalue weighted by molar-refractivity contribution is 0.242. The minimum absolute atomic E-state index is 0.174.